The van der Waals surface area contributed by atoms with Crippen LogP contribution in [0.4, 0.5) is 0 Å². The van der Waals surface area contributed by atoms with Gasteiger partial charge in [-0.05, 0) is 43.0 Å². The van der Waals surface area contributed by atoms with Gasteiger partial charge >= 0.3 is 5.97 Å². The van der Waals surface area contributed by atoms with E-state index in [9.17, 15) is 35.4 Å². The number of aliphatic carboxylic acids is 1. The van der Waals surface area contributed by atoms with Crippen LogP contribution in [0.15, 0.2) is 24.3 Å². The summed E-state index contributed by atoms with van der Waals surface area (Å²) in [6, 6.07) is 7.41. The summed E-state index contributed by atoms with van der Waals surface area (Å²) in [5.74, 6) is -0.344. The monoisotopic (exact) mass is 643 g/mol. The van der Waals surface area contributed by atoms with Gasteiger partial charge in [-0.25, -0.2) is 4.79 Å². The lowest BCUT2D eigenvalue weighted by atomic mass is 9.85. The largest absolute Gasteiger partial charge is 0.491 e. The Balaban J connectivity index is 1.51. The van der Waals surface area contributed by atoms with E-state index < -0.39 is 87.0 Å². The molecule has 256 valence electrons. The Hall–Kier alpha value is -1.95. The summed E-state index contributed by atoms with van der Waals surface area (Å²) >= 11 is 0. The summed E-state index contributed by atoms with van der Waals surface area (Å²) in [7, 11) is 0. The number of hydrogen-bond acceptors (Lipinski definition) is 13. The lowest BCUT2D eigenvalue weighted by Crippen LogP contribution is -2.47. The molecule has 1 saturated carbocycles. The van der Waals surface area contributed by atoms with E-state index in [0.717, 1.165) is 44.1 Å². The molecule has 3 aliphatic rings. The zero-order valence-corrected chi connectivity index (χ0v) is 25.5. The molecule has 10 atom stereocenters. The molecule has 10 unspecified atom stereocenters. The lowest BCUT2D eigenvalue weighted by Gasteiger charge is -2.31. The van der Waals surface area contributed by atoms with E-state index >= 15 is 0 Å². The van der Waals surface area contributed by atoms with Crippen LogP contribution in [0.2, 0.25) is 0 Å². The molecule has 4 rings (SSSR count). The Labute approximate surface area is 262 Å². The third kappa shape index (κ3) is 9.78. The first-order chi connectivity index (χ1) is 21.8. The fourth-order valence-electron chi connectivity index (χ4n) is 6.38. The summed E-state index contributed by atoms with van der Waals surface area (Å²) in [4.78, 5) is 12.4. The van der Waals surface area contributed by atoms with Crippen LogP contribution in [0.3, 0.4) is 0 Å². The van der Waals surface area contributed by atoms with Crippen LogP contribution in [0, 0.1) is 5.92 Å². The quantitative estimate of drug-likeness (QED) is 0.0988. The minimum absolute atomic E-state index is 0.0211. The zero-order chi connectivity index (χ0) is 32.3. The molecule has 3 fully saturated rings. The first-order valence-corrected chi connectivity index (χ1v) is 15.8. The molecule has 2 saturated heterocycles. The van der Waals surface area contributed by atoms with E-state index in [2.05, 4.69) is 0 Å². The Kier molecular flexibility index (Phi) is 14.2. The highest BCUT2D eigenvalue weighted by Crippen LogP contribution is 2.34. The highest BCUT2D eigenvalue weighted by atomic mass is 16.7. The molecule has 0 bridgehead atoms. The zero-order valence-electron chi connectivity index (χ0n) is 25.5. The first-order valence-electron chi connectivity index (χ1n) is 15.8. The topological polar surface area (TPSA) is 220 Å². The van der Waals surface area contributed by atoms with E-state index in [0.29, 0.717) is 18.7 Å². The molecule has 1 aliphatic carbocycles. The maximum atomic E-state index is 12.4. The minimum Gasteiger partial charge on any atom is -0.491 e. The standard InChI is InChI=1S/C31H49NO13/c32-11-10-18-6-8-20(9-7-18)40-16-25-30(44-21(31(38)39)12-19-4-2-1-3-5-19)29(23(14-34)43-25)41-17-24-28(45-26(36)15-35)27(37)22(13-33)42-24/h6-9,19,21-30,33-37H,1-5,10-17,32H2,(H,38,39). The van der Waals surface area contributed by atoms with E-state index in [4.69, 9.17) is 34.2 Å². The summed E-state index contributed by atoms with van der Waals surface area (Å²) < 4.78 is 35.6. The number of hydrogen-bond donors (Lipinski definition) is 7. The van der Waals surface area contributed by atoms with E-state index in [1.807, 2.05) is 12.1 Å². The third-order valence-corrected chi connectivity index (χ3v) is 8.76. The summed E-state index contributed by atoms with van der Waals surface area (Å²) in [5.41, 5.74) is 6.70. The number of carboxylic acid groups (broad SMARTS) is 1. The predicted molar refractivity (Wildman–Crippen MR) is 157 cm³/mol. The molecule has 2 heterocycles. The second-order valence-electron chi connectivity index (χ2n) is 12.0. The second-order valence-corrected chi connectivity index (χ2v) is 12.0. The Bertz CT molecular complexity index is 1010. The molecule has 2 aliphatic heterocycles. The predicted octanol–water partition coefficient (Wildman–Crippen LogP) is -0.663. The van der Waals surface area contributed by atoms with Crippen molar-refractivity contribution < 1.29 is 63.9 Å². The Morgan fingerprint density at radius 3 is 2.18 bits per heavy atom. The van der Waals surface area contributed by atoms with Crippen LogP contribution in [0.25, 0.3) is 0 Å². The van der Waals surface area contributed by atoms with Gasteiger partial charge in [0.05, 0.1) is 26.4 Å². The van der Waals surface area contributed by atoms with Crippen molar-refractivity contribution in [3.8, 4) is 5.75 Å². The van der Waals surface area contributed by atoms with Crippen molar-refractivity contribution in [1.29, 1.82) is 0 Å². The lowest BCUT2D eigenvalue weighted by molar-refractivity contribution is -0.193. The maximum absolute atomic E-state index is 12.4. The van der Waals surface area contributed by atoms with Gasteiger partial charge in [0.1, 0.15) is 61.2 Å². The Morgan fingerprint density at radius 2 is 1.56 bits per heavy atom. The molecule has 14 nitrogen and oxygen atoms in total. The van der Waals surface area contributed by atoms with Gasteiger partial charge < -0.3 is 64.8 Å². The number of rotatable bonds is 18. The average molecular weight is 644 g/mol. The molecular formula is C31H49NO13. The average Bonchev–Trinajstić information content (AvgIpc) is 3.54. The maximum Gasteiger partial charge on any atom is 0.332 e. The fourth-order valence-corrected chi connectivity index (χ4v) is 6.38. The van der Waals surface area contributed by atoms with E-state index in [1.54, 1.807) is 12.1 Å². The molecule has 14 heteroatoms. The molecule has 0 radical (unpaired) electrons. The van der Waals surface area contributed by atoms with Crippen molar-refractivity contribution >= 4 is 5.97 Å². The van der Waals surface area contributed by atoms with E-state index in [-0.39, 0.29) is 19.1 Å². The molecular weight excluding hydrogens is 594 g/mol. The van der Waals surface area contributed by atoms with Gasteiger partial charge in [-0.2, -0.15) is 0 Å². The summed E-state index contributed by atoms with van der Waals surface area (Å²) in [5, 5.41) is 59.7. The minimum atomic E-state index is -1.61. The number of benzene rings is 1. The van der Waals surface area contributed by atoms with Gasteiger partial charge in [-0.15, -0.1) is 0 Å². The number of nitrogens with two attached hydrogens (primary N) is 1. The highest BCUT2D eigenvalue weighted by Gasteiger charge is 2.50. The smallest absolute Gasteiger partial charge is 0.332 e. The SMILES string of the molecule is NCCc1ccc(OCC2OC(CO)C(OCC3OC(CO)C(O)C3OC(O)CO)C2OC(CC2CCCCC2)C(=O)O)cc1. The number of carboxylic acids is 1. The van der Waals surface area contributed by atoms with Gasteiger partial charge in [-0.3, -0.25) is 0 Å². The first kappa shape index (κ1) is 35.9. The van der Waals surface area contributed by atoms with Crippen molar-refractivity contribution in [2.75, 3.05) is 39.6 Å². The van der Waals surface area contributed by atoms with Crippen LogP contribution in [-0.4, -0.2) is 137 Å². The van der Waals surface area contributed by atoms with Crippen LogP contribution in [0.1, 0.15) is 44.1 Å². The number of ether oxygens (including phenoxy) is 6. The van der Waals surface area contributed by atoms with Gasteiger partial charge in [-0.1, -0.05) is 44.2 Å². The molecule has 8 N–H and O–H groups in total. The molecule has 0 spiro atoms. The molecule has 0 amide bonds. The van der Waals surface area contributed by atoms with Gasteiger partial charge in [0.15, 0.2) is 12.4 Å². The number of aliphatic hydroxyl groups is 5. The molecule has 45 heavy (non-hydrogen) atoms. The van der Waals surface area contributed by atoms with E-state index in [1.165, 1.54) is 0 Å². The van der Waals surface area contributed by atoms with Gasteiger partial charge in [0, 0.05) is 0 Å². The summed E-state index contributed by atoms with van der Waals surface area (Å²) in [6.45, 7) is -1.48. The molecule has 1 aromatic carbocycles. The van der Waals surface area contributed by atoms with Crippen molar-refractivity contribution in [2.45, 2.75) is 106 Å². The second kappa shape index (κ2) is 17.8. The highest BCUT2D eigenvalue weighted by molar-refractivity contribution is 5.72. The number of aliphatic hydroxyl groups excluding tert-OH is 5. The van der Waals surface area contributed by atoms with Crippen molar-refractivity contribution in [3.05, 3.63) is 29.8 Å². The summed E-state index contributed by atoms with van der Waals surface area (Å²) in [6.07, 6.45) is -4.81. The third-order valence-electron chi connectivity index (χ3n) is 8.76. The number of carbonyl (C=O) groups is 1. The van der Waals surface area contributed by atoms with Gasteiger partial charge in [0.25, 0.3) is 0 Å². The van der Waals surface area contributed by atoms with Crippen molar-refractivity contribution in [2.24, 2.45) is 11.7 Å². The molecule has 1 aromatic rings. The normalized spacial score (nSPS) is 32.0. The van der Waals surface area contributed by atoms with Crippen LogP contribution < -0.4 is 10.5 Å². The van der Waals surface area contributed by atoms with Crippen LogP contribution in [-0.2, 0) is 34.9 Å². The van der Waals surface area contributed by atoms with Crippen LogP contribution >= 0.6 is 0 Å². The van der Waals surface area contributed by atoms with Crippen molar-refractivity contribution in [3.63, 3.8) is 0 Å². The fraction of sp³-hybridized carbons (Fsp3) is 0.774. The van der Waals surface area contributed by atoms with Crippen molar-refractivity contribution in [1.82, 2.24) is 0 Å². The molecule has 0 aromatic heterocycles. The Morgan fingerprint density at radius 1 is 0.889 bits per heavy atom. The van der Waals surface area contributed by atoms with Crippen LogP contribution in [0.5, 0.6) is 5.75 Å². The van der Waals surface area contributed by atoms with Gasteiger partial charge in [0.2, 0.25) is 0 Å².